The van der Waals surface area contributed by atoms with Gasteiger partial charge in [0.2, 0.25) is 5.89 Å². The van der Waals surface area contributed by atoms with Gasteiger partial charge in [-0.1, -0.05) is 24.3 Å². The van der Waals surface area contributed by atoms with Crippen LogP contribution >= 0.6 is 0 Å². The lowest BCUT2D eigenvalue weighted by Crippen LogP contribution is -2.33. The SMILES string of the molecule is O=C1c2cc(-c3nnc(C(F)F)o3)ccc2CN1[C@H](c1cccc(C(F)(F)F)c1)C(O)c1ccccn1. The van der Waals surface area contributed by atoms with E-state index in [1.54, 1.807) is 18.2 Å². The average Bonchev–Trinajstić information content (AvgIpc) is 3.50. The molecule has 0 saturated heterocycles. The Kier molecular flexibility index (Phi) is 6.20. The molecule has 3 heterocycles. The van der Waals surface area contributed by atoms with Crippen LogP contribution in [-0.4, -0.2) is 31.1 Å². The van der Waals surface area contributed by atoms with Gasteiger partial charge in [-0.3, -0.25) is 9.78 Å². The zero-order valence-electron chi connectivity index (χ0n) is 18.7. The Morgan fingerprint density at radius 1 is 1.00 bits per heavy atom. The van der Waals surface area contributed by atoms with Gasteiger partial charge in [-0.25, -0.2) is 0 Å². The molecule has 190 valence electrons. The Balaban J connectivity index is 1.54. The first kappa shape index (κ1) is 24.5. The number of pyridine rings is 1. The summed E-state index contributed by atoms with van der Waals surface area (Å²) in [5, 5.41) is 18.1. The standard InChI is InChI=1S/C25H17F5N4O3/c26-21(27)23-33-32-22(37-23)14-7-8-15-12-34(24(36)17(15)11-14)19(20(35)18-6-1-2-9-31-18)13-4-3-5-16(10-13)25(28,29)30/h1-11,19-21,35H,12H2/t19-,20?/m1/s1. The topological polar surface area (TPSA) is 92.4 Å². The number of fused-ring (bicyclic) bond motifs is 1. The van der Waals surface area contributed by atoms with Crippen LogP contribution in [0.25, 0.3) is 11.5 Å². The van der Waals surface area contributed by atoms with Gasteiger partial charge >= 0.3 is 12.6 Å². The normalized spacial score (nSPS) is 15.2. The number of aliphatic hydroxyl groups is 1. The zero-order chi connectivity index (χ0) is 26.3. The number of halogens is 5. The minimum atomic E-state index is -4.63. The molecule has 1 amide bonds. The molecule has 1 unspecified atom stereocenters. The predicted octanol–water partition coefficient (Wildman–Crippen LogP) is 5.52. The van der Waals surface area contributed by atoms with Crippen molar-refractivity contribution in [1.82, 2.24) is 20.1 Å². The van der Waals surface area contributed by atoms with Crippen LogP contribution in [0.2, 0.25) is 0 Å². The summed E-state index contributed by atoms with van der Waals surface area (Å²) in [5.41, 5.74) is 0.203. The molecular weight excluding hydrogens is 499 g/mol. The minimum Gasteiger partial charge on any atom is -0.415 e. The van der Waals surface area contributed by atoms with Gasteiger partial charge < -0.3 is 14.4 Å². The molecule has 0 spiro atoms. The van der Waals surface area contributed by atoms with Gasteiger partial charge in [-0.2, -0.15) is 22.0 Å². The van der Waals surface area contributed by atoms with E-state index < -0.39 is 42.1 Å². The van der Waals surface area contributed by atoms with E-state index in [2.05, 4.69) is 15.2 Å². The van der Waals surface area contributed by atoms with Crippen molar-refractivity contribution < 1.29 is 36.3 Å². The van der Waals surface area contributed by atoms with E-state index in [1.165, 1.54) is 41.4 Å². The summed E-state index contributed by atoms with van der Waals surface area (Å²) in [5.74, 6) is -1.67. The smallest absolute Gasteiger partial charge is 0.415 e. The number of alkyl halides is 5. The number of nitrogens with zero attached hydrogens (tertiary/aromatic N) is 4. The number of amides is 1. The van der Waals surface area contributed by atoms with Crippen LogP contribution in [0.1, 0.15) is 57.2 Å². The lowest BCUT2D eigenvalue weighted by Gasteiger charge is -2.32. The Morgan fingerprint density at radius 3 is 2.49 bits per heavy atom. The highest BCUT2D eigenvalue weighted by atomic mass is 19.4. The highest BCUT2D eigenvalue weighted by Gasteiger charge is 2.40. The third-order valence-corrected chi connectivity index (χ3v) is 6.00. The zero-order valence-corrected chi connectivity index (χ0v) is 18.7. The Hall–Kier alpha value is -4.19. The molecule has 1 aliphatic rings. The number of aliphatic hydroxyl groups excluding tert-OH is 1. The molecule has 5 rings (SSSR count). The molecule has 0 bridgehead atoms. The van der Waals surface area contributed by atoms with Crippen LogP contribution in [0, 0.1) is 0 Å². The van der Waals surface area contributed by atoms with Gasteiger partial charge in [0.15, 0.2) is 0 Å². The Bertz CT molecular complexity index is 1440. The van der Waals surface area contributed by atoms with Crippen molar-refractivity contribution in [2.24, 2.45) is 0 Å². The molecule has 2 aromatic carbocycles. The van der Waals surface area contributed by atoms with Crippen LogP contribution in [0.4, 0.5) is 22.0 Å². The summed E-state index contributed by atoms with van der Waals surface area (Å²) in [6, 6.07) is 12.4. The van der Waals surface area contributed by atoms with Crippen molar-refractivity contribution in [2.45, 2.75) is 31.3 Å². The molecule has 1 N–H and O–H groups in total. The number of carbonyl (C=O) groups is 1. The summed E-state index contributed by atoms with van der Waals surface area (Å²) in [4.78, 5) is 18.9. The summed E-state index contributed by atoms with van der Waals surface area (Å²) in [6.45, 7) is -0.0225. The van der Waals surface area contributed by atoms with Crippen molar-refractivity contribution in [3.8, 4) is 11.5 Å². The number of carbonyl (C=O) groups excluding carboxylic acids is 1. The maximum absolute atomic E-state index is 13.5. The fourth-order valence-electron chi connectivity index (χ4n) is 4.26. The lowest BCUT2D eigenvalue weighted by atomic mass is 9.95. The Labute approximate surface area is 206 Å². The molecule has 12 heteroatoms. The molecule has 2 aromatic heterocycles. The van der Waals surface area contributed by atoms with Gasteiger partial charge in [0.1, 0.15) is 6.10 Å². The number of aromatic nitrogens is 3. The first-order valence-corrected chi connectivity index (χ1v) is 11.0. The molecular formula is C25H17F5N4O3. The molecule has 1 aliphatic heterocycles. The molecule has 0 radical (unpaired) electrons. The highest BCUT2D eigenvalue weighted by molar-refractivity contribution is 5.99. The first-order valence-electron chi connectivity index (χ1n) is 11.0. The lowest BCUT2D eigenvalue weighted by molar-refractivity contribution is -0.137. The molecule has 0 aliphatic carbocycles. The average molecular weight is 516 g/mol. The fourth-order valence-corrected chi connectivity index (χ4v) is 4.26. The maximum atomic E-state index is 13.5. The molecule has 0 fully saturated rings. The van der Waals surface area contributed by atoms with E-state index in [-0.39, 0.29) is 34.8 Å². The highest BCUT2D eigenvalue weighted by Crippen LogP contribution is 2.41. The van der Waals surface area contributed by atoms with Gasteiger partial charge in [0.05, 0.1) is 17.3 Å². The quantitative estimate of drug-likeness (QED) is 0.340. The summed E-state index contributed by atoms with van der Waals surface area (Å²) < 4.78 is 71.0. The summed E-state index contributed by atoms with van der Waals surface area (Å²) >= 11 is 0. The van der Waals surface area contributed by atoms with Gasteiger partial charge in [-0.15, -0.1) is 10.2 Å². The van der Waals surface area contributed by atoms with E-state index in [0.717, 1.165) is 12.1 Å². The molecule has 4 aromatic rings. The van der Waals surface area contributed by atoms with Crippen molar-refractivity contribution in [1.29, 1.82) is 0 Å². The largest absolute Gasteiger partial charge is 0.416 e. The van der Waals surface area contributed by atoms with Gasteiger partial charge in [0, 0.05) is 23.9 Å². The second-order valence-electron chi connectivity index (χ2n) is 8.32. The number of benzene rings is 2. The van der Waals surface area contributed by atoms with E-state index >= 15 is 0 Å². The summed E-state index contributed by atoms with van der Waals surface area (Å²) in [7, 11) is 0. The monoisotopic (exact) mass is 516 g/mol. The van der Waals surface area contributed by atoms with Crippen LogP contribution in [0.15, 0.2) is 71.3 Å². The maximum Gasteiger partial charge on any atom is 0.416 e. The van der Waals surface area contributed by atoms with Crippen LogP contribution in [-0.2, 0) is 12.7 Å². The first-order chi connectivity index (χ1) is 17.6. The second kappa shape index (κ2) is 9.36. The summed E-state index contributed by atoms with van der Waals surface area (Å²) in [6.07, 6.45) is -7.63. The van der Waals surface area contributed by atoms with Gasteiger partial charge in [-0.05, 0) is 47.5 Å². The Morgan fingerprint density at radius 2 is 1.81 bits per heavy atom. The molecule has 2 atom stereocenters. The molecule has 37 heavy (non-hydrogen) atoms. The molecule has 0 saturated carbocycles. The van der Waals surface area contributed by atoms with E-state index in [1.807, 2.05) is 0 Å². The van der Waals surface area contributed by atoms with Crippen LogP contribution < -0.4 is 0 Å². The van der Waals surface area contributed by atoms with Crippen molar-refractivity contribution in [2.75, 3.05) is 0 Å². The van der Waals surface area contributed by atoms with Crippen LogP contribution in [0.3, 0.4) is 0 Å². The number of rotatable bonds is 6. The second-order valence-corrected chi connectivity index (χ2v) is 8.32. The van der Waals surface area contributed by atoms with E-state index in [0.29, 0.717) is 5.56 Å². The number of hydrogen-bond acceptors (Lipinski definition) is 6. The van der Waals surface area contributed by atoms with Crippen LogP contribution in [0.5, 0.6) is 0 Å². The van der Waals surface area contributed by atoms with E-state index in [4.69, 9.17) is 4.42 Å². The third-order valence-electron chi connectivity index (χ3n) is 6.00. The fraction of sp³-hybridized carbons (Fsp3) is 0.200. The van der Waals surface area contributed by atoms with Crippen molar-refractivity contribution >= 4 is 5.91 Å². The molecule has 7 nitrogen and oxygen atoms in total. The minimum absolute atomic E-state index is 0.0225. The predicted molar refractivity (Wildman–Crippen MR) is 118 cm³/mol. The van der Waals surface area contributed by atoms with E-state index in [9.17, 15) is 31.9 Å². The number of hydrogen-bond donors (Lipinski definition) is 1. The van der Waals surface area contributed by atoms with Gasteiger partial charge in [0.25, 0.3) is 11.8 Å². The van der Waals surface area contributed by atoms with Crippen molar-refractivity contribution in [3.63, 3.8) is 0 Å². The third kappa shape index (κ3) is 4.67. The van der Waals surface area contributed by atoms with Crippen molar-refractivity contribution in [3.05, 3.63) is 101 Å².